The molecule has 1 atom stereocenters. The number of likely N-dealkylation sites (N-methyl/N-ethyl adjacent to an activating group) is 1. The maximum Gasteiger partial charge on any atom is 0.126 e. The van der Waals surface area contributed by atoms with Crippen molar-refractivity contribution >= 4 is 11.6 Å². The molecular weight excluding hydrogens is 273 g/mol. The van der Waals surface area contributed by atoms with Gasteiger partial charge < -0.3 is 5.32 Å². The van der Waals surface area contributed by atoms with E-state index in [-0.39, 0.29) is 11.9 Å². The molecular formula is C17H19ClFN. The molecule has 0 aromatic heterocycles. The third kappa shape index (κ3) is 3.59. The molecule has 0 heterocycles. The highest BCUT2D eigenvalue weighted by atomic mass is 35.5. The fourth-order valence-electron chi connectivity index (χ4n) is 2.41. The third-order valence-electron chi connectivity index (χ3n) is 3.45. The number of benzene rings is 2. The van der Waals surface area contributed by atoms with Crippen LogP contribution in [0.5, 0.6) is 0 Å². The summed E-state index contributed by atoms with van der Waals surface area (Å²) >= 11 is 6.09. The van der Waals surface area contributed by atoms with Crippen molar-refractivity contribution in [1.82, 2.24) is 5.32 Å². The monoisotopic (exact) mass is 291 g/mol. The Morgan fingerprint density at radius 2 is 1.95 bits per heavy atom. The van der Waals surface area contributed by atoms with E-state index in [4.69, 9.17) is 11.6 Å². The molecule has 0 fully saturated rings. The summed E-state index contributed by atoms with van der Waals surface area (Å²) in [7, 11) is 0. The molecule has 2 aromatic rings. The minimum absolute atomic E-state index is 0.0654. The Morgan fingerprint density at radius 3 is 2.65 bits per heavy atom. The molecule has 0 aliphatic rings. The lowest BCUT2D eigenvalue weighted by atomic mass is 9.95. The van der Waals surface area contributed by atoms with Gasteiger partial charge in [0.2, 0.25) is 0 Å². The Hall–Kier alpha value is -1.38. The molecule has 20 heavy (non-hydrogen) atoms. The van der Waals surface area contributed by atoms with Gasteiger partial charge in [-0.1, -0.05) is 42.8 Å². The first-order valence-corrected chi connectivity index (χ1v) is 7.22. The normalized spacial score (nSPS) is 12.4. The standard InChI is InChI=1S/C17H19ClFN/c1-3-20-17(10-13-6-4-5-7-16(13)19)15-11-14(18)9-8-12(15)2/h4-9,11,17,20H,3,10H2,1-2H3. The molecule has 0 aliphatic heterocycles. The van der Waals surface area contributed by atoms with Crippen LogP contribution in [0.2, 0.25) is 5.02 Å². The predicted octanol–water partition coefficient (Wildman–Crippen LogP) is 4.68. The minimum atomic E-state index is -0.157. The number of aryl methyl sites for hydroxylation is 1. The highest BCUT2D eigenvalue weighted by Gasteiger charge is 2.15. The zero-order valence-corrected chi connectivity index (χ0v) is 12.5. The molecule has 0 radical (unpaired) electrons. The molecule has 0 saturated heterocycles. The topological polar surface area (TPSA) is 12.0 Å². The summed E-state index contributed by atoms with van der Waals surface area (Å²) in [5, 5.41) is 4.13. The molecule has 0 bridgehead atoms. The number of hydrogen-bond donors (Lipinski definition) is 1. The molecule has 0 amide bonds. The van der Waals surface area contributed by atoms with E-state index in [1.165, 1.54) is 6.07 Å². The summed E-state index contributed by atoms with van der Waals surface area (Å²) in [6, 6.07) is 12.8. The average Bonchev–Trinajstić information content (AvgIpc) is 2.43. The summed E-state index contributed by atoms with van der Waals surface area (Å²) in [4.78, 5) is 0. The van der Waals surface area contributed by atoms with E-state index < -0.39 is 0 Å². The van der Waals surface area contributed by atoms with E-state index in [2.05, 4.69) is 12.2 Å². The highest BCUT2D eigenvalue weighted by Crippen LogP contribution is 2.25. The van der Waals surface area contributed by atoms with Crippen LogP contribution in [0.3, 0.4) is 0 Å². The van der Waals surface area contributed by atoms with Crippen LogP contribution in [-0.2, 0) is 6.42 Å². The molecule has 2 rings (SSSR count). The van der Waals surface area contributed by atoms with Crippen molar-refractivity contribution in [3.8, 4) is 0 Å². The SMILES string of the molecule is CCNC(Cc1ccccc1F)c1cc(Cl)ccc1C. The molecule has 1 unspecified atom stereocenters. The molecule has 106 valence electrons. The van der Waals surface area contributed by atoms with Crippen molar-refractivity contribution in [3.63, 3.8) is 0 Å². The van der Waals surface area contributed by atoms with Gasteiger partial charge in [0.25, 0.3) is 0 Å². The molecule has 2 aromatic carbocycles. The van der Waals surface area contributed by atoms with Gasteiger partial charge in [-0.25, -0.2) is 4.39 Å². The minimum Gasteiger partial charge on any atom is -0.310 e. The maximum atomic E-state index is 13.8. The van der Waals surface area contributed by atoms with Crippen molar-refractivity contribution in [2.24, 2.45) is 0 Å². The quantitative estimate of drug-likeness (QED) is 0.843. The van der Waals surface area contributed by atoms with Crippen LogP contribution < -0.4 is 5.32 Å². The van der Waals surface area contributed by atoms with Crippen LogP contribution in [0.1, 0.15) is 29.7 Å². The fraction of sp³-hybridized carbons (Fsp3) is 0.294. The summed E-state index contributed by atoms with van der Waals surface area (Å²) < 4.78 is 13.8. The van der Waals surface area contributed by atoms with Gasteiger partial charge in [-0.2, -0.15) is 0 Å². The van der Waals surface area contributed by atoms with E-state index in [1.807, 2.05) is 37.3 Å². The van der Waals surface area contributed by atoms with Crippen molar-refractivity contribution in [1.29, 1.82) is 0 Å². The zero-order valence-electron chi connectivity index (χ0n) is 11.8. The summed E-state index contributed by atoms with van der Waals surface area (Å²) in [6.07, 6.45) is 0.613. The molecule has 1 N–H and O–H groups in total. The first kappa shape index (κ1) is 15.0. The van der Waals surface area contributed by atoms with Crippen LogP contribution in [0.25, 0.3) is 0 Å². The van der Waals surface area contributed by atoms with E-state index in [0.717, 1.165) is 23.2 Å². The lowest BCUT2D eigenvalue weighted by Gasteiger charge is -2.21. The van der Waals surface area contributed by atoms with Crippen LogP contribution >= 0.6 is 11.6 Å². The van der Waals surface area contributed by atoms with Gasteiger partial charge in [0.15, 0.2) is 0 Å². The molecule has 0 spiro atoms. The Labute approximate surface area is 124 Å². The molecule has 3 heteroatoms. The van der Waals surface area contributed by atoms with Crippen molar-refractivity contribution in [2.45, 2.75) is 26.3 Å². The van der Waals surface area contributed by atoms with Gasteiger partial charge in [-0.3, -0.25) is 0 Å². The molecule has 0 aliphatic carbocycles. The van der Waals surface area contributed by atoms with Crippen molar-refractivity contribution in [3.05, 3.63) is 70.0 Å². The van der Waals surface area contributed by atoms with Gasteiger partial charge in [0, 0.05) is 11.1 Å². The van der Waals surface area contributed by atoms with Gasteiger partial charge in [-0.15, -0.1) is 0 Å². The lowest BCUT2D eigenvalue weighted by molar-refractivity contribution is 0.526. The second kappa shape index (κ2) is 6.87. The molecule has 1 nitrogen and oxygen atoms in total. The first-order chi connectivity index (χ1) is 9.61. The number of rotatable bonds is 5. The fourth-order valence-corrected chi connectivity index (χ4v) is 2.59. The van der Waals surface area contributed by atoms with E-state index in [0.29, 0.717) is 11.4 Å². The highest BCUT2D eigenvalue weighted by molar-refractivity contribution is 6.30. The summed E-state index contributed by atoms with van der Waals surface area (Å²) in [6.45, 7) is 4.93. The van der Waals surface area contributed by atoms with Gasteiger partial charge in [0.1, 0.15) is 5.82 Å². The second-order valence-electron chi connectivity index (χ2n) is 4.91. The van der Waals surface area contributed by atoms with Crippen LogP contribution in [-0.4, -0.2) is 6.54 Å². The Kier molecular flexibility index (Phi) is 5.16. The van der Waals surface area contributed by atoms with E-state index >= 15 is 0 Å². The zero-order chi connectivity index (χ0) is 14.5. The van der Waals surface area contributed by atoms with E-state index in [1.54, 1.807) is 6.07 Å². The first-order valence-electron chi connectivity index (χ1n) is 6.84. The number of hydrogen-bond acceptors (Lipinski definition) is 1. The van der Waals surface area contributed by atoms with Gasteiger partial charge in [0.05, 0.1) is 0 Å². The number of halogens is 2. The predicted molar refractivity (Wildman–Crippen MR) is 82.7 cm³/mol. The van der Waals surface area contributed by atoms with Crippen LogP contribution in [0.4, 0.5) is 4.39 Å². The Bertz CT molecular complexity index is 583. The van der Waals surface area contributed by atoms with Crippen molar-refractivity contribution < 1.29 is 4.39 Å². The van der Waals surface area contributed by atoms with E-state index in [9.17, 15) is 4.39 Å². The lowest BCUT2D eigenvalue weighted by Crippen LogP contribution is -2.24. The van der Waals surface area contributed by atoms with Gasteiger partial charge in [-0.05, 0) is 54.8 Å². The van der Waals surface area contributed by atoms with Crippen molar-refractivity contribution in [2.75, 3.05) is 6.54 Å². The largest absolute Gasteiger partial charge is 0.310 e. The average molecular weight is 292 g/mol. The Morgan fingerprint density at radius 1 is 1.20 bits per heavy atom. The number of nitrogens with one attached hydrogen (secondary N) is 1. The second-order valence-corrected chi connectivity index (χ2v) is 5.34. The Balaban J connectivity index is 2.32. The smallest absolute Gasteiger partial charge is 0.126 e. The maximum absolute atomic E-state index is 13.8. The van der Waals surface area contributed by atoms with Crippen LogP contribution in [0, 0.1) is 12.7 Å². The van der Waals surface area contributed by atoms with Crippen LogP contribution in [0.15, 0.2) is 42.5 Å². The van der Waals surface area contributed by atoms with Gasteiger partial charge >= 0.3 is 0 Å². The molecule has 0 saturated carbocycles. The summed E-state index contributed by atoms with van der Waals surface area (Å²) in [5.41, 5.74) is 3.01. The summed E-state index contributed by atoms with van der Waals surface area (Å²) in [5.74, 6) is -0.157. The third-order valence-corrected chi connectivity index (χ3v) is 3.68.